The number of anilines is 1. The largest absolute Gasteiger partial charge is 0.393 e. The third-order valence-electron chi connectivity index (χ3n) is 3.04. The van der Waals surface area contributed by atoms with Gasteiger partial charge in [-0.3, -0.25) is 4.79 Å². The van der Waals surface area contributed by atoms with Crippen molar-refractivity contribution in [3.05, 3.63) is 30.1 Å². The summed E-state index contributed by atoms with van der Waals surface area (Å²) in [6.07, 6.45) is 1.41. The van der Waals surface area contributed by atoms with Crippen molar-refractivity contribution >= 4 is 11.6 Å². The van der Waals surface area contributed by atoms with E-state index in [0.29, 0.717) is 25.1 Å². The van der Waals surface area contributed by atoms with Gasteiger partial charge in [-0.2, -0.15) is 0 Å². The topological polar surface area (TPSA) is 61.4 Å². The normalized spacial score (nSPS) is 13.8. The minimum Gasteiger partial charge on any atom is -0.393 e. The fourth-order valence-corrected chi connectivity index (χ4v) is 1.83. The van der Waals surface area contributed by atoms with Crippen LogP contribution >= 0.6 is 0 Å². The molecule has 20 heavy (non-hydrogen) atoms. The fraction of sp³-hybridized carbons (Fsp3) is 0.533. The average molecular weight is 282 g/mol. The highest BCUT2D eigenvalue weighted by molar-refractivity contribution is 5.91. The van der Waals surface area contributed by atoms with E-state index in [2.05, 4.69) is 10.6 Å². The van der Waals surface area contributed by atoms with Gasteiger partial charge < -0.3 is 15.7 Å². The van der Waals surface area contributed by atoms with E-state index in [9.17, 15) is 14.3 Å². The van der Waals surface area contributed by atoms with E-state index >= 15 is 0 Å². The quantitative estimate of drug-likeness (QED) is 0.685. The lowest BCUT2D eigenvalue weighted by Gasteiger charge is -2.15. The predicted molar refractivity (Wildman–Crippen MR) is 78.0 cm³/mol. The number of carbonyl (C=O) groups is 1. The van der Waals surface area contributed by atoms with Crippen molar-refractivity contribution in [1.82, 2.24) is 5.32 Å². The van der Waals surface area contributed by atoms with Gasteiger partial charge in [-0.1, -0.05) is 13.0 Å². The smallest absolute Gasteiger partial charge is 0.225 e. The van der Waals surface area contributed by atoms with Crippen LogP contribution in [0.1, 0.15) is 33.1 Å². The second-order valence-electron chi connectivity index (χ2n) is 4.97. The van der Waals surface area contributed by atoms with Crippen LogP contribution in [0.3, 0.4) is 0 Å². The van der Waals surface area contributed by atoms with Gasteiger partial charge in [-0.25, -0.2) is 4.39 Å². The standard InChI is InChI=1S/C15H23FN2O2/c1-3-14(19)7-8-17-11(2)9-15(20)18-13-6-4-5-12(16)10-13/h4-6,10-11,14,17,19H,3,7-9H2,1-2H3,(H,18,20). The van der Waals surface area contributed by atoms with Gasteiger partial charge in [0.15, 0.2) is 0 Å². The molecule has 1 aromatic rings. The number of hydrogen-bond acceptors (Lipinski definition) is 3. The molecule has 0 heterocycles. The second kappa shape index (κ2) is 8.66. The van der Waals surface area contributed by atoms with Crippen LogP contribution in [0.4, 0.5) is 10.1 Å². The number of carbonyl (C=O) groups excluding carboxylic acids is 1. The summed E-state index contributed by atoms with van der Waals surface area (Å²) in [6.45, 7) is 4.51. The molecule has 2 unspecified atom stereocenters. The number of aliphatic hydroxyl groups is 1. The Labute approximate surface area is 119 Å². The van der Waals surface area contributed by atoms with E-state index < -0.39 is 0 Å². The molecule has 0 spiro atoms. The Bertz CT molecular complexity index is 426. The summed E-state index contributed by atoms with van der Waals surface area (Å²) in [6, 6.07) is 5.83. The zero-order valence-electron chi connectivity index (χ0n) is 12.0. The van der Waals surface area contributed by atoms with Crippen molar-refractivity contribution in [2.75, 3.05) is 11.9 Å². The number of rotatable bonds is 8. The van der Waals surface area contributed by atoms with Crippen molar-refractivity contribution < 1.29 is 14.3 Å². The van der Waals surface area contributed by atoms with Crippen molar-refractivity contribution in [3.63, 3.8) is 0 Å². The first-order valence-electron chi connectivity index (χ1n) is 6.98. The van der Waals surface area contributed by atoms with Crippen molar-refractivity contribution in [2.45, 2.75) is 45.3 Å². The average Bonchev–Trinajstić information content (AvgIpc) is 2.38. The molecule has 2 atom stereocenters. The maximum Gasteiger partial charge on any atom is 0.225 e. The molecular weight excluding hydrogens is 259 g/mol. The van der Waals surface area contributed by atoms with E-state index in [1.165, 1.54) is 12.1 Å². The Morgan fingerprint density at radius 3 is 2.85 bits per heavy atom. The number of amides is 1. The summed E-state index contributed by atoms with van der Waals surface area (Å²) < 4.78 is 13.0. The molecular formula is C15H23FN2O2. The lowest BCUT2D eigenvalue weighted by molar-refractivity contribution is -0.116. The van der Waals surface area contributed by atoms with Crippen LogP contribution in [0.2, 0.25) is 0 Å². The highest BCUT2D eigenvalue weighted by atomic mass is 19.1. The van der Waals surface area contributed by atoms with Crippen molar-refractivity contribution in [2.24, 2.45) is 0 Å². The lowest BCUT2D eigenvalue weighted by atomic mass is 10.1. The Kier molecular flexibility index (Phi) is 7.18. The van der Waals surface area contributed by atoms with E-state index in [1.807, 2.05) is 13.8 Å². The van der Waals surface area contributed by atoms with Gasteiger partial charge in [-0.15, -0.1) is 0 Å². The Balaban J connectivity index is 2.27. The van der Waals surface area contributed by atoms with Crippen LogP contribution in [0.25, 0.3) is 0 Å². The van der Waals surface area contributed by atoms with Gasteiger partial charge in [0.1, 0.15) is 5.82 Å². The summed E-state index contributed by atoms with van der Waals surface area (Å²) in [4.78, 5) is 11.8. The molecule has 0 bridgehead atoms. The minimum absolute atomic E-state index is 0.00705. The first-order valence-corrected chi connectivity index (χ1v) is 6.98. The SMILES string of the molecule is CCC(O)CCNC(C)CC(=O)Nc1cccc(F)c1. The molecule has 1 amide bonds. The van der Waals surface area contributed by atoms with Crippen LogP contribution in [0.5, 0.6) is 0 Å². The molecule has 5 heteroatoms. The van der Waals surface area contributed by atoms with Crippen molar-refractivity contribution in [3.8, 4) is 0 Å². The monoisotopic (exact) mass is 282 g/mol. The van der Waals surface area contributed by atoms with Gasteiger partial charge in [0, 0.05) is 18.2 Å². The Morgan fingerprint density at radius 2 is 2.20 bits per heavy atom. The van der Waals surface area contributed by atoms with Crippen LogP contribution in [0.15, 0.2) is 24.3 Å². The second-order valence-corrected chi connectivity index (χ2v) is 4.97. The van der Waals surface area contributed by atoms with E-state index in [0.717, 1.165) is 6.42 Å². The fourth-order valence-electron chi connectivity index (χ4n) is 1.83. The minimum atomic E-state index is -0.373. The molecule has 0 aliphatic carbocycles. The molecule has 0 aromatic heterocycles. The Hall–Kier alpha value is -1.46. The molecule has 0 saturated carbocycles. The molecule has 0 fully saturated rings. The van der Waals surface area contributed by atoms with Gasteiger partial charge >= 0.3 is 0 Å². The zero-order valence-corrected chi connectivity index (χ0v) is 12.0. The third-order valence-corrected chi connectivity index (χ3v) is 3.04. The molecule has 0 saturated heterocycles. The molecule has 1 aromatic carbocycles. The molecule has 0 aliphatic heterocycles. The highest BCUT2D eigenvalue weighted by Gasteiger charge is 2.10. The summed E-state index contributed by atoms with van der Waals surface area (Å²) in [7, 11) is 0. The van der Waals surface area contributed by atoms with E-state index in [-0.39, 0.29) is 23.9 Å². The maximum absolute atomic E-state index is 13.0. The number of hydrogen-bond donors (Lipinski definition) is 3. The predicted octanol–water partition coefficient (Wildman–Crippen LogP) is 2.29. The molecule has 0 aliphatic rings. The lowest BCUT2D eigenvalue weighted by Crippen LogP contribution is -2.32. The van der Waals surface area contributed by atoms with E-state index in [4.69, 9.17) is 0 Å². The van der Waals surface area contributed by atoms with Crippen LogP contribution < -0.4 is 10.6 Å². The van der Waals surface area contributed by atoms with Gasteiger partial charge in [-0.05, 0) is 44.5 Å². The molecule has 4 nitrogen and oxygen atoms in total. The number of halogens is 1. The number of nitrogens with one attached hydrogen (secondary N) is 2. The number of benzene rings is 1. The summed E-state index contributed by atoms with van der Waals surface area (Å²) in [5.74, 6) is -0.533. The third kappa shape index (κ3) is 6.63. The Morgan fingerprint density at radius 1 is 1.45 bits per heavy atom. The highest BCUT2D eigenvalue weighted by Crippen LogP contribution is 2.09. The van der Waals surface area contributed by atoms with Gasteiger partial charge in [0.25, 0.3) is 0 Å². The first-order chi connectivity index (χ1) is 9.51. The number of aliphatic hydroxyl groups excluding tert-OH is 1. The first kappa shape index (κ1) is 16.6. The summed E-state index contributed by atoms with van der Waals surface area (Å²) in [5, 5.41) is 15.3. The molecule has 3 N–H and O–H groups in total. The van der Waals surface area contributed by atoms with Crippen molar-refractivity contribution in [1.29, 1.82) is 0 Å². The zero-order chi connectivity index (χ0) is 15.0. The van der Waals surface area contributed by atoms with E-state index in [1.54, 1.807) is 12.1 Å². The van der Waals surface area contributed by atoms with Crippen LogP contribution in [-0.4, -0.2) is 29.7 Å². The maximum atomic E-state index is 13.0. The van der Waals surface area contributed by atoms with Crippen LogP contribution in [-0.2, 0) is 4.79 Å². The summed E-state index contributed by atoms with van der Waals surface area (Å²) in [5.41, 5.74) is 0.462. The van der Waals surface area contributed by atoms with Gasteiger partial charge in [0.05, 0.1) is 6.10 Å². The summed E-state index contributed by atoms with van der Waals surface area (Å²) >= 11 is 0. The molecule has 0 radical (unpaired) electrons. The van der Waals surface area contributed by atoms with Gasteiger partial charge in [0.2, 0.25) is 5.91 Å². The molecule has 1 rings (SSSR count). The molecule has 112 valence electrons. The van der Waals surface area contributed by atoms with Crippen LogP contribution in [0, 0.1) is 5.82 Å².